The summed E-state index contributed by atoms with van der Waals surface area (Å²) in [4.78, 5) is 50.1. The first-order valence-electron chi connectivity index (χ1n) is 13.2. The fourth-order valence-corrected chi connectivity index (χ4v) is 4.68. The van der Waals surface area contributed by atoms with Crippen molar-refractivity contribution >= 4 is 29.0 Å². The highest BCUT2D eigenvalue weighted by Gasteiger charge is 2.21. The second-order valence-electron chi connectivity index (χ2n) is 10.9. The average Bonchev–Trinajstić information content (AvgIpc) is 3.38. The van der Waals surface area contributed by atoms with Crippen LogP contribution in [0.1, 0.15) is 86.9 Å². The minimum absolute atomic E-state index is 0.0128. The number of benzene rings is 3. The first-order chi connectivity index (χ1) is 18.5. The van der Waals surface area contributed by atoms with Gasteiger partial charge in [0.15, 0.2) is 11.6 Å². The largest absolute Gasteiger partial charge is 0.481 e. The summed E-state index contributed by atoms with van der Waals surface area (Å²) in [6.07, 6.45) is 4.26. The molecule has 0 aliphatic heterocycles. The number of carbonyl (C=O) groups is 4. The highest BCUT2D eigenvalue weighted by atomic mass is 16.4. The third-order valence-corrected chi connectivity index (χ3v) is 7.00. The molecule has 2 N–H and O–H groups in total. The molecule has 0 spiro atoms. The average molecular weight is 524 g/mol. The van der Waals surface area contributed by atoms with Crippen molar-refractivity contribution in [2.45, 2.75) is 51.9 Å². The summed E-state index contributed by atoms with van der Waals surface area (Å²) in [7, 11) is 0. The van der Waals surface area contributed by atoms with Gasteiger partial charge in [0, 0.05) is 28.8 Å². The van der Waals surface area contributed by atoms with Crippen molar-refractivity contribution in [1.82, 2.24) is 5.32 Å². The summed E-state index contributed by atoms with van der Waals surface area (Å²) in [5, 5.41) is 11.3. The molecule has 0 fully saturated rings. The van der Waals surface area contributed by atoms with Gasteiger partial charge >= 0.3 is 5.97 Å². The minimum Gasteiger partial charge on any atom is -0.481 e. The third-order valence-electron chi connectivity index (χ3n) is 7.00. The standard InChI is InChI=1S/C33H33NO5/c1-33(2,3)27-15-13-22(14-16-27)29(35)20-28(26-12-7-21-5-4-6-25(21)19-26)31(38)23-8-10-24(11-9-23)32(39)34-18-17-30(36)37/h7-16,19-20H,4-6,17-18H2,1-3H3,(H,34,39)(H,36,37)/b28-20-. The number of nitrogens with one attached hydrogen (secondary N) is 1. The summed E-state index contributed by atoms with van der Waals surface area (Å²) in [6.45, 7) is 6.34. The fourth-order valence-electron chi connectivity index (χ4n) is 4.68. The summed E-state index contributed by atoms with van der Waals surface area (Å²) in [5.41, 5.74) is 5.70. The molecule has 0 heterocycles. The van der Waals surface area contributed by atoms with Crippen LogP contribution in [0, 0.1) is 0 Å². The third kappa shape index (κ3) is 6.77. The van der Waals surface area contributed by atoms with Crippen LogP contribution in [0.5, 0.6) is 0 Å². The van der Waals surface area contributed by atoms with Gasteiger partial charge in [0.25, 0.3) is 5.91 Å². The molecule has 0 unspecified atom stereocenters. The number of allylic oxidation sites excluding steroid dienone is 2. The second kappa shape index (κ2) is 11.6. The molecule has 3 aromatic rings. The predicted octanol–water partition coefficient (Wildman–Crippen LogP) is 5.83. The first-order valence-corrected chi connectivity index (χ1v) is 13.2. The SMILES string of the molecule is CC(C)(C)c1ccc(C(=O)/C=C(\C(=O)c2ccc(C(=O)NCCC(=O)O)cc2)c2ccc3c(c2)CCC3)cc1. The number of ketones is 2. The zero-order valence-corrected chi connectivity index (χ0v) is 22.5. The van der Waals surface area contributed by atoms with Gasteiger partial charge in [0.2, 0.25) is 0 Å². The molecule has 6 heteroatoms. The molecule has 39 heavy (non-hydrogen) atoms. The van der Waals surface area contributed by atoms with Gasteiger partial charge in [-0.1, -0.05) is 75.4 Å². The van der Waals surface area contributed by atoms with Crippen molar-refractivity contribution in [3.8, 4) is 0 Å². The van der Waals surface area contributed by atoms with Gasteiger partial charge in [-0.15, -0.1) is 0 Å². The number of carboxylic acids is 1. The molecular formula is C33H33NO5. The fraction of sp³-hybridized carbons (Fsp3) is 0.273. The Morgan fingerprint density at radius 1 is 0.795 bits per heavy atom. The molecule has 0 saturated carbocycles. The van der Waals surface area contributed by atoms with E-state index in [0.29, 0.717) is 27.8 Å². The highest BCUT2D eigenvalue weighted by molar-refractivity contribution is 6.32. The van der Waals surface area contributed by atoms with Crippen LogP contribution in [-0.2, 0) is 23.1 Å². The topological polar surface area (TPSA) is 101 Å². The maximum atomic E-state index is 13.7. The van der Waals surface area contributed by atoms with Gasteiger partial charge in [-0.3, -0.25) is 19.2 Å². The van der Waals surface area contributed by atoms with Crippen molar-refractivity contribution in [3.63, 3.8) is 0 Å². The maximum Gasteiger partial charge on any atom is 0.305 e. The quantitative estimate of drug-likeness (QED) is 0.272. The summed E-state index contributed by atoms with van der Waals surface area (Å²) in [5.74, 6) is -1.99. The molecule has 0 aromatic heterocycles. The lowest BCUT2D eigenvalue weighted by molar-refractivity contribution is -0.136. The summed E-state index contributed by atoms with van der Waals surface area (Å²) in [6, 6.07) is 19.6. The van der Waals surface area contributed by atoms with Crippen molar-refractivity contribution in [2.24, 2.45) is 0 Å². The smallest absolute Gasteiger partial charge is 0.305 e. The van der Waals surface area contributed by atoms with Crippen LogP contribution < -0.4 is 5.32 Å². The number of carboxylic acid groups (broad SMARTS) is 1. The number of hydrogen-bond acceptors (Lipinski definition) is 4. The van der Waals surface area contributed by atoms with Crippen molar-refractivity contribution < 1.29 is 24.3 Å². The highest BCUT2D eigenvalue weighted by Crippen LogP contribution is 2.29. The maximum absolute atomic E-state index is 13.7. The molecule has 0 saturated heterocycles. The molecule has 0 radical (unpaired) electrons. The number of amides is 1. The van der Waals surface area contributed by atoms with E-state index in [0.717, 1.165) is 24.8 Å². The van der Waals surface area contributed by atoms with Crippen LogP contribution in [0.15, 0.2) is 72.8 Å². The molecule has 6 nitrogen and oxygen atoms in total. The molecule has 1 aliphatic rings. The molecule has 0 atom stereocenters. The van der Waals surface area contributed by atoms with E-state index in [-0.39, 0.29) is 29.9 Å². The van der Waals surface area contributed by atoms with E-state index in [1.807, 2.05) is 30.3 Å². The van der Waals surface area contributed by atoms with Crippen LogP contribution >= 0.6 is 0 Å². The van der Waals surface area contributed by atoms with E-state index < -0.39 is 11.9 Å². The Hall–Kier alpha value is -4.32. The Morgan fingerprint density at radius 3 is 2.03 bits per heavy atom. The molecule has 3 aromatic carbocycles. The number of carbonyl (C=O) groups excluding carboxylic acids is 3. The second-order valence-corrected chi connectivity index (χ2v) is 10.9. The molecule has 1 aliphatic carbocycles. The van der Waals surface area contributed by atoms with E-state index in [2.05, 4.69) is 26.1 Å². The van der Waals surface area contributed by atoms with Crippen molar-refractivity contribution in [1.29, 1.82) is 0 Å². The van der Waals surface area contributed by atoms with Crippen LogP contribution in [0.25, 0.3) is 5.57 Å². The normalized spacial score (nSPS) is 13.1. The Morgan fingerprint density at radius 2 is 1.38 bits per heavy atom. The number of rotatable bonds is 9. The Kier molecular flexibility index (Phi) is 8.24. The number of fused-ring (bicyclic) bond motifs is 1. The summed E-state index contributed by atoms with van der Waals surface area (Å²) >= 11 is 0. The van der Waals surface area contributed by atoms with Gasteiger partial charge < -0.3 is 10.4 Å². The molecule has 4 rings (SSSR count). The summed E-state index contributed by atoms with van der Waals surface area (Å²) < 4.78 is 0. The van der Waals surface area contributed by atoms with Crippen LogP contribution in [0.3, 0.4) is 0 Å². The Labute approximate surface area is 228 Å². The van der Waals surface area contributed by atoms with E-state index in [9.17, 15) is 19.2 Å². The van der Waals surface area contributed by atoms with E-state index in [1.54, 1.807) is 24.3 Å². The van der Waals surface area contributed by atoms with E-state index in [1.165, 1.54) is 29.3 Å². The van der Waals surface area contributed by atoms with E-state index >= 15 is 0 Å². The predicted molar refractivity (Wildman–Crippen MR) is 151 cm³/mol. The zero-order chi connectivity index (χ0) is 28.2. The molecular weight excluding hydrogens is 490 g/mol. The lowest BCUT2D eigenvalue weighted by Crippen LogP contribution is -2.26. The lowest BCUT2D eigenvalue weighted by Gasteiger charge is -2.18. The van der Waals surface area contributed by atoms with Crippen molar-refractivity contribution in [2.75, 3.05) is 6.54 Å². The molecule has 1 amide bonds. The number of Topliss-reactive ketones (excluding diaryl/α,β-unsaturated/α-hetero) is 1. The van der Waals surface area contributed by atoms with Crippen LogP contribution in [0.2, 0.25) is 0 Å². The lowest BCUT2D eigenvalue weighted by atomic mass is 9.86. The first kappa shape index (κ1) is 27.7. The monoisotopic (exact) mass is 523 g/mol. The number of aliphatic carboxylic acids is 1. The Balaban J connectivity index is 1.64. The van der Waals surface area contributed by atoms with Gasteiger partial charge in [-0.05, 0) is 65.1 Å². The zero-order valence-electron chi connectivity index (χ0n) is 22.5. The number of hydrogen-bond donors (Lipinski definition) is 2. The van der Waals surface area contributed by atoms with Crippen LogP contribution in [-0.4, -0.2) is 35.1 Å². The molecule has 200 valence electrons. The van der Waals surface area contributed by atoms with Crippen molar-refractivity contribution in [3.05, 3.63) is 112 Å². The van der Waals surface area contributed by atoms with Gasteiger partial charge in [-0.25, -0.2) is 0 Å². The minimum atomic E-state index is -0.998. The number of aryl methyl sites for hydroxylation is 2. The van der Waals surface area contributed by atoms with Gasteiger partial charge in [0.05, 0.1) is 6.42 Å². The van der Waals surface area contributed by atoms with E-state index in [4.69, 9.17) is 5.11 Å². The van der Waals surface area contributed by atoms with Gasteiger partial charge in [-0.2, -0.15) is 0 Å². The van der Waals surface area contributed by atoms with Gasteiger partial charge in [0.1, 0.15) is 0 Å². The van der Waals surface area contributed by atoms with Crippen LogP contribution in [0.4, 0.5) is 0 Å². The molecule has 0 bridgehead atoms. The Bertz CT molecular complexity index is 1440.